The number of carbonyl (C=O) groups excluding carboxylic acids is 1. The van der Waals surface area contributed by atoms with Crippen LogP contribution in [-0.4, -0.2) is 30.6 Å². The molecule has 0 radical (unpaired) electrons. The van der Waals surface area contributed by atoms with Crippen molar-refractivity contribution in [2.75, 3.05) is 0 Å². The van der Waals surface area contributed by atoms with E-state index in [2.05, 4.69) is 20.1 Å². The van der Waals surface area contributed by atoms with Gasteiger partial charge in [-0.05, 0) is 36.8 Å². The molecule has 0 aliphatic carbocycles. The zero-order valence-electron chi connectivity index (χ0n) is 14.5. The fourth-order valence-electron chi connectivity index (χ4n) is 3.01. The van der Waals surface area contributed by atoms with Crippen molar-refractivity contribution in [3.8, 4) is 11.4 Å². The summed E-state index contributed by atoms with van der Waals surface area (Å²) in [7, 11) is 0. The molecule has 0 unspecified atom stereocenters. The van der Waals surface area contributed by atoms with Crippen molar-refractivity contribution in [2.45, 2.75) is 13.5 Å². The number of H-pyrrole nitrogens is 1. The van der Waals surface area contributed by atoms with Crippen LogP contribution in [0.25, 0.3) is 22.4 Å². The van der Waals surface area contributed by atoms with E-state index in [4.69, 9.17) is 5.73 Å². The summed E-state index contributed by atoms with van der Waals surface area (Å²) in [6.45, 7) is 2.12. The molecular formula is C19H16N6O2. The number of amides is 1. The molecular weight excluding hydrogens is 344 g/mol. The Morgan fingerprint density at radius 2 is 2.00 bits per heavy atom. The fraction of sp³-hybridized carbons (Fsp3) is 0.105. The topological polar surface area (TPSA) is 120 Å². The van der Waals surface area contributed by atoms with E-state index in [1.54, 1.807) is 54.3 Å². The molecule has 0 atom stereocenters. The number of aryl methyl sites for hydroxylation is 1. The van der Waals surface area contributed by atoms with Gasteiger partial charge in [0, 0.05) is 23.5 Å². The Kier molecular flexibility index (Phi) is 4.00. The third-order valence-corrected chi connectivity index (χ3v) is 4.27. The minimum atomic E-state index is -0.493. The molecule has 3 N–H and O–H groups in total. The van der Waals surface area contributed by atoms with E-state index in [0.717, 1.165) is 11.1 Å². The summed E-state index contributed by atoms with van der Waals surface area (Å²) in [5.74, 6) is -0.0465. The minimum absolute atomic E-state index is 0.249. The van der Waals surface area contributed by atoms with Gasteiger partial charge in [0.25, 0.3) is 5.56 Å². The van der Waals surface area contributed by atoms with Gasteiger partial charge in [0.05, 0.1) is 12.2 Å². The molecule has 4 rings (SSSR count). The molecule has 0 spiro atoms. The number of hydrogen-bond acceptors (Lipinski definition) is 5. The molecule has 4 aromatic rings. The number of fused-ring (bicyclic) bond motifs is 1. The average Bonchev–Trinajstić information content (AvgIpc) is 2.98. The average molecular weight is 360 g/mol. The van der Waals surface area contributed by atoms with Crippen LogP contribution in [0.1, 0.15) is 21.6 Å². The molecule has 1 amide bonds. The molecule has 0 bridgehead atoms. The molecule has 3 aromatic heterocycles. The van der Waals surface area contributed by atoms with Crippen molar-refractivity contribution in [1.82, 2.24) is 24.7 Å². The lowest BCUT2D eigenvalue weighted by molar-refractivity contribution is 0.1000. The first-order valence-corrected chi connectivity index (χ1v) is 8.29. The van der Waals surface area contributed by atoms with Crippen molar-refractivity contribution >= 4 is 16.9 Å². The van der Waals surface area contributed by atoms with Gasteiger partial charge in [0.1, 0.15) is 11.2 Å². The van der Waals surface area contributed by atoms with E-state index in [-0.39, 0.29) is 5.56 Å². The van der Waals surface area contributed by atoms with Crippen LogP contribution in [0.5, 0.6) is 0 Å². The summed E-state index contributed by atoms with van der Waals surface area (Å²) in [6, 6.07) is 10.5. The van der Waals surface area contributed by atoms with Crippen LogP contribution in [0.15, 0.2) is 53.6 Å². The minimum Gasteiger partial charge on any atom is -0.366 e. The predicted molar refractivity (Wildman–Crippen MR) is 100 cm³/mol. The summed E-state index contributed by atoms with van der Waals surface area (Å²) in [6.07, 6.45) is 3.27. The molecule has 0 aliphatic heterocycles. The number of primary amides is 1. The van der Waals surface area contributed by atoms with Gasteiger partial charge in [0.15, 0.2) is 5.65 Å². The molecule has 0 saturated heterocycles. The van der Waals surface area contributed by atoms with Crippen molar-refractivity contribution < 1.29 is 4.79 Å². The van der Waals surface area contributed by atoms with Crippen LogP contribution in [-0.2, 0) is 6.54 Å². The lowest BCUT2D eigenvalue weighted by atomic mass is 10.1. The highest BCUT2D eigenvalue weighted by molar-refractivity contribution is 5.92. The molecule has 0 saturated carbocycles. The number of aromatic nitrogens is 5. The summed E-state index contributed by atoms with van der Waals surface area (Å²) >= 11 is 0. The zero-order valence-corrected chi connectivity index (χ0v) is 14.5. The lowest BCUT2D eigenvalue weighted by Gasteiger charge is -2.06. The molecule has 0 fully saturated rings. The summed E-state index contributed by atoms with van der Waals surface area (Å²) in [5, 5.41) is 4.90. The highest BCUT2D eigenvalue weighted by Gasteiger charge is 2.15. The lowest BCUT2D eigenvalue weighted by Crippen LogP contribution is -2.13. The van der Waals surface area contributed by atoms with Crippen LogP contribution in [0, 0.1) is 6.92 Å². The van der Waals surface area contributed by atoms with Gasteiger partial charge in [-0.2, -0.15) is 5.10 Å². The Balaban J connectivity index is 1.84. The predicted octanol–water partition coefficient (Wildman–Crippen LogP) is 1.64. The molecule has 27 heavy (non-hydrogen) atoms. The summed E-state index contributed by atoms with van der Waals surface area (Å²) < 4.78 is 1.66. The number of rotatable bonds is 4. The Labute approximate surface area is 153 Å². The van der Waals surface area contributed by atoms with Gasteiger partial charge in [-0.3, -0.25) is 14.6 Å². The first kappa shape index (κ1) is 16.6. The number of hydrogen-bond donors (Lipinski definition) is 2. The van der Waals surface area contributed by atoms with Crippen LogP contribution in [0.4, 0.5) is 0 Å². The van der Waals surface area contributed by atoms with E-state index in [0.29, 0.717) is 34.7 Å². The van der Waals surface area contributed by atoms with Gasteiger partial charge in [-0.15, -0.1) is 0 Å². The van der Waals surface area contributed by atoms with E-state index in [9.17, 15) is 9.59 Å². The highest BCUT2D eigenvalue weighted by Crippen LogP contribution is 2.18. The van der Waals surface area contributed by atoms with Crippen molar-refractivity contribution in [3.63, 3.8) is 0 Å². The first-order valence-electron chi connectivity index (χ1n) is 8.29. The molecule has 1 aromatic carbocycles. The maximum atomic E-state index is 12.6. The van der Waals surface area contributed by atoms with Crippen molar-refractivity contribution in [3.05, 3.63) is 76.0 Å². The quantitative estimate of drug-likeness (QED) is 0.573. The molecule has 134 valence electrons. The maximum Gasteiger partial charge on any atom is 0.262 e. The zero-order chi connectivity index (χ0) is 19.0. The van der Waals surface area contributed by atoms with E-state index in [1.165, 1.54) is 0 Å². The second kappa shape index (κ2) is 6.49. The van der Waals surface area contributed by atoms with Crippen LogP contribution in [0.2, 0.25) is 0 Å². The number of benzene rings is 1. The van der Waals surface area contributed by atoms with Gasteiger partial charge in [-0.25, -0.2) is 9.67 Å². The number of nitrogens with zero attached hydrogens (tertiary/aromatic N) is 4. The summed E-state index contributed by atoms with van der Waals surface area (Å²) in [5.41, 5.74) is 8.18. The largest absolute Gasteiger partial charge is 0.366 e. The third kappa shape index (κ3) is 3.08. The highest BCUT2D eigenvalue weighted by atomic mass is 16.1. The Morgan fingerprint density at radius 1 is 1.22 bits per heavy atom. The molecule has 0 aliphatic rings. The van der Waals surface area contributed by atoms with Crippen LogP contribution in [0.3, 0.4) is 0 Å². The van der Waals surface area contributed by atoms with E-state index in [1.807, 2.05) is 6.07 Å². The van der Waals surface area contributed by atoms with Crippen molar-refractivity contribution in [2.24, 2.45) is 5.73 Å². The van der Waals surface area contributed by atoms with Gasteiger partial charge < -0.3 is 10.7 Å². The number of nitrogens with one attached hydrogen (secondary N) is 1. The van der Waals surface area contributed by atoms with Gasteiger partial charge in [-0.1, -0.05) is 12.1 Å². The molecule has 8 heteroatoms. The Hall–Kier alpha value is -3.81. The van der Waals surface area contributed by atoms with Gasteiger partial charge in [0.2, 0.25) is 5.91 Å². The number of pyridine rings is 1. The number of nitrogens with two attached hydrogens (primary N) is 1. The first-order chi connectivity index (χ1) is 13.0. The van der Waals surface area contributed by atoms with Crippen molar-refractivity contribution in [1.29, 1.82) is 0 Å². The van der Waals surface area contributed by atoms with E-state index >= 15 is 0 Å². The molecule has 8 nitrogen and oxygen atoms in total. The second-order valence-electron chi connectivity index (χ2n) is 6.16. The normalized spacial score (nSPS) is 11.0. The van der Waals surface area contributed by atoms with Crippen LogP contribution < -0.4 is 11.3 Å². The Morgan fingerprint density at radius 3 is 2.74 bits per heavy atom. The maximum absolute atomic E-state index is 12.6. The Bertz CT molecular complexity index is 1210. The number of aromatic amines is 1. The molecule has 3 heterocycles. The second-order valence-corrected chi connectivity index (χ2v) is 6.16. The summed E-state index contributed by atoms with van der Waals surface area (Å²) in [4.78, 5) is 35.4. The van der Waals surface area contributed by atoms with Gasteiger partial charge >= 0.3 is 0 Å². The third-order valence-electron chi connectivity index (χ3n) is 4.27. The fourth-order valence-corrected chi connectivity index (χ4v) is 3.01. The van der Waals surface area contributed by atoms with E-state index < -0.39 is 5.91 Å². The SMILES string of the molecule is Cc1nn(Cc2cccc(C(N)=O)c2)c2nc(-c3ccncc3)[nH]c(=O)c12. The standard InChI is InChI=1S/C19H16N6O2/c1-11-15-18(22-17(23-19(15)27)13-5-7-21-8-6-13)25(24-11)10-12-3-2-4-14(9-12)16(20)26/h2-9H,10H2,1H3,(H2,20,26)(H,22,23,27). The monoisotopic (exact) mass is 360 g/mol. The van der Waals surface area contributed by atoms with Crippen LogP contribution >= 0.6 is 0 Å². The number of carbonyl (C=O) groups is 1. The smallest absolute Gasteiger partial charge is 0.262 e.